The number of hydrogen-bond donors (Lipinski definition) is 2. The number of aliphatic carboxylic acids is 1. The highest BCUT2D eigenvalue weighted by molar-refractivity contribution is 6.30. The molecule has 0 spiro atoms. The van der Waals surface area contributed by atoms with Crippen LogP contribution in [0.3, 0.4) is 0 Å². The lowest BCUT2D eigenvalue weighted by Crippen LogP contribution is -2.58. The van der Waals surface area contributed by atoms with Crippen LogP contribution in [0.25, 0.3) is 0 Å². The van der Waals surface area contributed by atoms with Crippen molar-refractivity contribution in [1.29, 1.82) is 0 Å². The van der Waals surface area contributed by atoms with Crippen LogP contribution in [0.5, 0.6) is 5.75 Å². The molecule has 0 radical (unpaired) electrons. The molecular weight excluding hydrogens is 298 g/mol. The summed E-state index contributed by atoms with van der Waals surface area (Å²) in [5.74, 6) is -1.09. The number of rotatable bonds is 5. The molecule has 0 aromatic heterocycles. The van der Waals surface area contributed by atoms with E-state index in [2.05, 4.69) is 5.32 Å². The normalized spacial score (nSPS) is 17.0. The van der Waals surface area contributed by atoms with Gasteiger partial charge in [-0.1, -0.05) is 17.7 Å². The number of ether oxygens (including phenoxy) is 2. The Labute approximate surface area is 127 Å². The van der Waals surface area contributed by atoms with Crippen molar-refractivity contribution in [3.8, 4) is 5.75 Å². The molecule has 1 aliphatic rings. The third kappa shape index (κ3) is 4.09. The zero-order valence-electron chi connectivity index (χ0n) is 11.3. The van der Waals surface area contributed by atoms with Gasteiger partial charge in [0, 0.05) is 31.1 Å². The zero-order valence-corrected chi connectivity index (χ0v) is 12.1. The van der Waals surface area contributed by atoms with Gasteiger partial charge in [-0.25, -0.2) is 4.79 Å². The van der Waals surface area contributed by atoms with E-state index in [-0.39, 0.29) is 19.4 Å². The van der Waals surface area contributed by atoms with Crippen molar-refractivity contribution >= 4 is 23.5 Å². The first kappa shape index (κ1) is 15.6. The zero-order chi connectivity index (χ0) is 15.3. The van der Waals surface area contributed by atoms with Crippen LogP contribution in [-0.4, -0.2) is 42.3 Å². The molecule has 1 amide bonds. The number of benzene rings is 1. The molecule has 1 heterocycles. The maximum Gasteiger partial charge on any atom is 0.329 e. The van der Waals surface area contributed by atoms with Gasteiger partial charge in [-0.3, -0.25) is 4.79 Å². The van der Waals surface area contributed by atoms with Crippen molar-refractivity contribution in [1.82, 2.24) is 5.32 Å². The van der Waals surface area contributed by atoms with E-state index in [1.54, 1.807) is 24.3 Å². The summed E-state index contributed by atoms with van der Waals surface area (Å²) in [6.45, 7) is 0.347. The van der Waals surface area contributed by atoms with Crippen molar-refractivity contribution in [3.63, 3.8) is 0 Å². The molecule has 0 saturated carbocycles. The first-order valence-corrected chi connectivity index (χ1v) is 6.90. The summed E-state index contributed by atoms with van der Waals surface area (Å²) >= 11 is 5.81. The van der Waals surface area contributed by atoms with Crippen molar-refractivity contribution < 1.29 is 24.2 Å². The number of hydrogen-bond acceptors (Lipinski definition) is 4. The van der Waals surface area contributed by atoms with Crippen LogP contribution >= 0.6 is 11.6 Å². The molecule has 1 saturated heterocycles. The quantitative estimate of drug-likeness (QED) is 0.860. The number of nitrogens with one attached hydrogen (secondary N) is 1. The number of amides is 1. The maximum atomic E-state index is 11.9. The topological polar surface area (TPSA) is 84.9 Å². The monoisotopic (exact) mass is 313 g/mol. The van der Waals surface area contributed by atoms with Gasteiger partial charge in [-0.15, -0.1) is 0 Å². The average molecular weight is 314 g/mol. The second-order valence-corrected chi connectivity index (χ2v) is 5.23. The molecule has 7 heteroatoms. The fraction of sp³-hybridized carbons (Fsp3) is 0.429. The molecule has 0 bridgehead atoms. The largest absolute Gasteiger partial charge is 0.484 e. The van der Waals surface area contributed by atoms with E-state index in [0.717, 1.165) is 0 Å². The SMILES string of the molecule is O=C(COc1cccc(Cl)c1)NC1(C(=O)O)CCOCC1. The van der Waals surface area contributed by atoms with Gasteiger partial charge in [-0.2, -0.15) is 0 Å². The summed E-state index contributed by atoms with van der Waals surface area (Å²) in [5, 5.41) is 12.4. The van der Waals surface area contributed by atoms with Gasteiger partial charge in [-0.05, 0) is 18.2 Å². The Morgan fingerprint density at radius 1 is 1.38 bits per heavy atom. The molecule has 2 rings (SSSR count). The first-order valence-electron chi connectivity index (χ1n) is 6.52. The summed E-state index contributed by atoms with van der Waals surface area (Å²) in [5.41, 5.74) is -1.27. The van der Waals surface area contributed by atoms with Crippen molar-refractivity contribution in [2.75, 3.05) is 19.8 Å². The standard InChI is InChI=1S/C14H16ClNO5/c15-10-2-1-3-11(8-10)21-9-12(17)16-14(13(18)19)4-6-20-7-5-14/h1-3,8H,4-7,9H2,(H,16,17)(H,18,19). The van der Waals surface area contributed by atoms with Crippen molar-refractivity contribution in [2.45, 2.75) is 18.4 Å². The van der Waals surface area contributed by atoms with Gasteiger partial charge < -0.3 is 19.9 Å². The molecule has 0 aliphatic carbocycles. The molecule has 1 fully saturated rings. The Hall–Kier alpha value is -1.79. The van der Waals surface area contributed by atoms with E-state index >= 15 is 0 Å². The van der Waals surface area contributed by atoms with E-state index < -0.39 is 17.4 Å². The number of carboxylic acids is 1. The van der Waals surface area contributed by atoms with Gasteiger partial charge in [0.2, 0.25) is 0 Å². The molecule has 6 nitrogen and oxygen atoms in total. The number of halogens is 1. The van der Waals surface area contributed by atoms with Gasteiger partial charge in [0.25, 0.3) is 5.91 Å². The second kappa shape index (κ2) is 6.78. The summed E-state index contributed by atoms with van der Waals surface area (Å²) < 4.78 is 10.4. The lowest BCUT2D eigenvalue weighted by molar-refractivity contribution is -0.152. The van der Waals surface area contributed by atoms with Gasteiger partial charge in [0.1, 0.15) is 11.3 Å². The molecule has 1 aliphatic heterocycles. The summed E-state index contributed by atoms with van der Waals surface area (Å²) in [6.07, 6.45) is 0.483. The van der Waals surface area contributed by atoms with Crippen LogP contribution in [0.2, 0.25) is 5.02 Å². The predicted molar refractivity (Wildman–Crippen MR) is 75.5 cm³/mol. The van der Waals surface area contributed by atoms with E-state index in [0.29, 0.717) is 24.0 Å². The minimum Gasteiger partial charge on any atom is -0.484 e. The lowest BCUT2D eigenvalue weighted by Gasteiger charge is -2.33. The number of carboxylic acid groups (broad SMARTS) is 1. The molecular formula is C14H16ClNO5. The third-order valence-electron chi connectivity index (χ3n) is 3.30. The Balaban J connectivity index is 1.92. The Bertz CT molecular complexity index is 528. The summed E-state index contributed by atoms with van der Waals surface area (Å²) in [7, 11) is 0. The molecule has 2 N–H and O–H groups in total. The molecule has 114 valence electrons. The fourth-order valence-corrected chi connectivity index (χ4v) is 2.30. The average Bonchev–Trinajstić information content (AvgIpc) is 2.46. The summed E-state index contributed by atoms with van der Waals surface area (Å²) in [4.78, 5) is 23.3. The molecule has 1 aromatic rings. The van der Waals surface area contributed by atoms with Crippen molar-refractivity contribution in [3.05, 3.63) is 29.3 Å². The Kier molecular flexibility index (Phi) is 5.03. The molecule has 0 atom stereocenters. The highest BCUT2D eigenvalue weighted by Crippen LogP contribution is 2.21. The van der Waals surface area contributed by atoms with Crippen molar-refractivity contribution in [2.24, 2.45) is 0 Å². The number of carbonyl (C=O) groups excluding carboxylic acids is 1. The van der Waals surface area contributed by atoms with Gasteiger partial charge >= 0.3 is 5.97 Å². The minimum atomic E-state index is -1.27. The number of carbonyl (C=O) groups is 2. The smallest absolute Gasteiger partial charge is 0.329 e. The molecule has 21 heavy (non-hydrogen) atoms. The second-order valence-electron chi connectivity index (χ2n) is 4.79. The van der Waals surface area contributed by atoms with E-state index in [4.69, 9.17) is 21.1 Å². The van der Waals surface area contributed by atoms with E-state index in [1.165, 1.54) is 0 Å². The Morgan fingerprint density at radius 2 is 2.10 bits per heavy atom. The third-order valence-corrected chi connectivity index (χ3v) is 3.54. The highest BCUT2D eigenvalue weighted by Gasteiger charge is 2.41. The molecule has 0 unspecified atom stereocenters. The van der Waals surface area contributed by atoms with Gasteiger partial charge in [0.15, 0.2) is 6.61 Å². The molecule has 1 aromatic carbocycles. The fourth-order valence-electron chi connectivity index (χ4n) is 2.12. The highest BCUT2D eigenvalue weighted by atomic mass is 35.5. The summed E-state index contributed by atoms with van der Waals surface area (Å²) in [6, 6.07) is 6.64. The van der Waals surface area contributed by atoms with E-state index in [1.807, 2.05) is 0 Å². The van der Waals surface area contributed by atoms with Crippen LogP contribution in [-0.2, 0) is 14.3 Å². The maximum absolute atomic E-state index is 11.9. The van der Waals surface area contributed by atoms with Crippen LogP contribution < -0.4 is 10.1 Å². The predicted octanol–water partition coefficient (Wildman–Crippen LogP) is 1.47. The van der Waals surface area contributed by atoms with Crippen LogP contribution in [0.1, 0.15) is 12.8 Å². The van der Waals surface area contributed by atoms with E-state index in [9.17, 15) is 14.7 Å². The van der Waals surface area contributed by atoms with Crippen LogP contribution in [0, 0.1) is 0 Å². The first-order chi connectivity index (χ1) is 10.0. The van der Waals surface area contributed by atoms with Crippen LogP contribution in [0.4, 0.5) is 0 Å². The van der Waals surface area contributed by atoms with Crippen LogP contribution in [0.15, 0.2) is 24.3 Å². The minimum absolute atomic E-state index is 0.241. The lowest BCUT2D eigenvalue weighted by atomic mass is 9.90. The van der Waals surface area contributed by atoms with Gasteiger partial charge in [0.05, 0.1) is 0 Å². The Morgan fingerprint density at radius 3 is 2.71 bits per heavy atom.